The van der Waals surface area contributed by atoms with Gasteiger partial charge in [0.15, 0.2) is 16.6 Å². The predicted octanol–water partition coefficient (Wildman–Crippen LogP) is 3.58. The molecule has 1 aliphatic rings. The molecule has 0 saturated heterocycles. The van der Waals surface area contributed by atoms with Crippen molar-refractivity contribution >= 4 is 17.3 Å². The molecule has 0 aliphatic carbocycles. The smallest absolute Gasteiger partial charge is 0.170 e. The highest BCUT2D eigenvalue weighted by Gasteiger charge is 2.32. The van der Waals surface area contributed by atoms with E-state index in [-0.39, 0.29) is 11.6 Å². The molecule has 1 aromatic carbocycles. The Labute approximate surface area is 160 Å². The Morgan fingerprint density at radius 3 is 2.50 bits per heavy atom. The van der Waals surface area contributed by atoms with Gasteiger partial charge in [0.2, 0.25) is 0 Å². The molecule has 0 fully saturated rings. The molecule has 1 aromatic heterocycles. The molecule has 3 rings (SSSR count). The fourth-order valence-corrected chi connectivity index (χ4v) is 3.87. The van der Waals surface area contributed by atoms with Crippen LogP contribution >= 0.6 is 12.2 Å². The van der Waals surface area contributed by atoms with Crippen molar-refractivity contribution in [2.45, 2.75) is 38.9 Å². The quantitative estimate of drug-likeness (QED) is 0.833. The zero-order valence-corrected chi connectivity index (χ0v) is 16.9. The average molecular weight is 374 g/mol. The molecular formula is C20H27N3O2S. The van der Waals surface area contributed by atoms with Gasteiger partial charge in [0.05, 0.1) is 20.3 Å². The Morgan fingerprint density at radius 1 is 1.12 bits per heavy atom. The summed E-state index contributed by atoms with van der Waals surface area (Å²) in [7, 11) is 3.31. The minimum Gasteiger partial charge on any atom is -0.493 e. The van der Waals surface area contributed by atoms with E-state index < -0.39 is 0 Å². The summed E-state index contributed by atoms with van der Waals surface area (Å²) in [6.07, 6.45) is 2.13. The number of benzene rings is 1. The van der Waals surface area contributed by atoms with Crippen LogP contribution in [0.15, 0.2) is 36.5 Å². The van der Waals surface area contributed by atoms with Gasteiger partial charge in [-0.2, -0.15) is 0 Å². The van der Waals surface area contributed by atoms with Gasteiger partial charge in [-0.1, -0.05) is 6.07 Å². The Bertz CT molecular complexity index is 795. The van der Waals surface area contributed by atoms with Crippen molar-refractivity contribution < 1.29 is 9.47 Å². The van der Waals surface area contributed by atoms with E-state index >= 15 is 0 Å². The van der Waals surface area contributed by atoms with Crippen LogP contribution in [0.4, 0.5) is 0 Å². The summed E-state index contributed by atoms with van der Waals surface area (Å²) in [6.45, 7) is 8.13. The van der Waals surface area contributed by atoms with Gasteiger partial charge >= 0.3 is 0 Å². The van der Waals surface area contributed by atoms with Gasteiger partial charge in [0.1, 0.15) is 0 Å². The first-order valence-corrected chi connectivity index (χ1v) is 9.20. The van der Waals surface area contributed by atoms with Crippen molar-refractivity contribution in [2.75, 3.05) is 20.8 Å². The Hall–Kier alpha value is -2.21. The Morgan fingerprint density at radius 2 is 1.85 bits per heavy atom. The zero-order valence-electron chi connectivity index (χ0n) is 16.1. The second-order valence-corrected chi connectivity index (χ2v) is 7.90. The van der Waals surface area contributed by atoms with E-state index in [1.807, 2.05) is 12.1 Å². The molecule has 26 heavy (non-hydrogen) atoms. The minimum atomic E-state index is -0.0847. The maximum absolute atomic E-state index is 5.76. The highest BCUT2D eigenvalue weighted by Crippen LogP contribution is 2.37. The molecule has 0 amide bonds. The van der Waals surface area contributed by atoms with E-state index in [2.05, 4.69) is 60.0 Å². The molecule has 6 heteroatoms. The van der Waals surface area contributed by atoms with Crippen molar-refractivity contribution in [1.82, 2.24) is 14.8 Å². The van der Waals surface area contributed by atoms with Crippen LogP contribution in [0.5, 0.6) is 11.5 Å². The minimum absolute atomic E-state index is 0.0286. The topological polar surface area (TPSA) is 38.7 Å². The molecule has 1 unspecified atom stereocenters. The standard InChI is InChI=1S/C20H27N3O2S/c1-20(2,3)21-19(26)23-12-11-22-10-6-7-15(22)18(23)14-8-9-16(24-4)17(13-14)25-5/h6-10,13,18H,11-12H2,1-5H3,(H,21,26). The first-order chi connectivity index (χ1) is 12.3. The summed E-state index contributed by atoms with van der Waals surface area (Å²) in [4.78, 5) is 2.26. The second kappa shape index (κ2) is 7.19. The number of hydrogen-bond acceptors (Lipinski definition) is 3. The van der Waals surface area contributed by atoms with Gasteiger partial charge in [-0.25, -0.2) is 0 Å². The van der Waals surface area contributed by atoms with E-state index in [4.69, 9.17) is 21.7 Å². The highest BCUT2D eigenvalue weighted by atomic mass is 32.1. The van der Waals surface area contributed by atoms with Crippen molar-refractivity contribution in [2.24, 2.45) is 0 Å². The number of rotatable bonds is 3. The molecule has 0 bridgehead atoms. The molecular weight excluding hydrogens is 346 g/mol. The molecule has 0 saturated carbocycles. The maximum Gasteiger partial charge on any atom is 0.170 e. The van der Waals surface area contributed by atoms with Gasteiger partial charge in [0.25, 0.3) is 0 Å². The molecule has 0 radical (unpaired) electrons. The lowest BCUT2D eigenvalue weighted by Crippen LogP contribution is -2.52. The Kier molecular flexibility index (Phi) is 5.14. The van der Waals surface area contributed by atoms with Crippen molar-refractivity contribution in [3.8, 4) is 11.5 Å². The van der Waals surface area contributed by atoms with Crippen LogP contribution in [0.3, 0.4) is 0 Å². The van der Waals surface area contributed by atoms with Crippen molar-refractivity contribution in [1.29, 1.82) is 0 Å². The summed E-state index contributed by atoms with van der Waals surface area (Å²) in [6, 6.07) is 10.4. The lowest BCUT2D eigenvalue weighted by atomic mass is 9.99. The molecule has 1 atom stereocenters. The van der Waals surface area contributed by atoms with Crippen LogP contribution in [0, 0.1) is 0 Å². The zero-order chi connectivity index (χ0) is 18.9. The number of methoxy groups -OCH3 is 2. The van der Waals surface area contributed by atoms with Crippen LogP contribution in [0.25, 0.3) is 0 Å². The van der Waals surface area contributed by atoms with Crippen LogP contribution in [0.1, 0.15) is 38.1 Å². The molecule has 0 spiro atoms. The van der Waals surface area contributed by atoms with Crippen LogP contribution in [-0.4, -0.2) is 40.9 Å². The monoisotopic (exact) mass is 373 g/mol. The Balaban J connectivity index is 2.03. The predicted molar refractivity (Wildman–Crippen MR) is 108 cm³/mol. The lowest BCUT2D eigenvalue weighted by molar-refractivity contribution is 0.277. The fraction of sp³-hybridized carbons (Fsp3) is 0.450. The summed E-state index contributed by atoms with van der Waals surface area (Å²) in [5, 5.41) is 4.22. The second-order valence-electron chi connectivity index (χ2n) is 7.52. The first-order valence-electron chi connectivity index (χ1n) is 8.80. The van der Waals surface area contributed by atoms with Gasteiger partial charge in [-0.3, -0.25) is 0 Å². The van der Waals surface area contributed by atoms with E-state index in [0.29, 0.717) is 0 Å². The highest BCUT2D eigenvalue weighted by molar-refractivity contribution is 7.80. The summed E-state index contributed by atoms with van der Waals surface area (Å²) < 4.78 is 13.2. The van der Waals surface area contributed by atoms with Gasteiger partial charge in [0, 0.05) is 30.5 Å². The molecule has 5 nitrogen and oxygen atoms in total. The third-order valence-electron chi connectivity index (χ3n) is 4.50. The molecule has 140 valence electrons. The third kappa shape index (κ3) is 3.65. The fourth-order valence-electron chi connectivity index (χ4n) is 3.37. The molecule has 1 N–H and O–H groups in total. The lowest BCUT2D eigenvalue weighted by Gasteiger charge is -2.41. The number of thiocarbonyl (C=S) groups is 1. The van der Waals surface area contributed by atoms with E-state index in [0.717, 1.165) is 35.3 Å². The summed E-state index contributed by atoms with van der Waals surface area (Å²) in [5.41, 5.74) is 2.26. The van der Waals surface area contributed by atoms with Gasteiger partial charge in [-0.05, 0) is 62.8 Å². The number of nitrogens with one attached hydrogen (secondary N) is 1. The molecule has 1 aliphatic heterocycles. The largest absolute Gasteiger partial charge is 0.493 e. The number of aromatic nitrogens is 1. The summed E-state index contributed by atoms with van der Waals surface area (Å²) in [5.74, 6) is 1.45. The SMILES string of the molecule is COc1ccc(C2c3cccn3CCN2C(=S)NC(C)(C)C)cc1OC. The maximum atomic E-state index is 5.76. The average Bonchev–Trinajstić information content (AvgIpc) is 3.07. The first kappa shape index (κ1) is 18.6. The third-order valence-corrected chi connectivity index (χ3v) is 4.84. The number of fused-ring (bicyclic) bond motifs is 1. The van der Waals surface area contributed by atoms with Crippen LogP contribution in [0.2, 0.25) is 0 Å². The number of nitrogens with zero attached hydrogens (tertiary/aromatic N) is 2. The van der Waals surface area contributed by atoms with E-state index in [9.17, 15) is 0 Å². The van der Waals surface area contributed by atoms with Crippen LogP contribution < -0.4 is 14.8 Å². The normalized spacial score (nSPS) is 16.8. The van der Waals surface area contributed by atoms with E-state index in [1.165, 1.54) is 5.69 Å². The van der Waals surface area contributed by atoms with E-state index in [1.54, 1.807) is 14.2 Å². The number of hydrogen-bond donors (Lipinski definition) is 1. The molecule has 2 heterocycles. The van der Waals surface area contributed by atoms with Crippen molar-refractivity contribution in [3.05, 3.63) is 47.8 Å². The summed E-state index contributed by atoms with van der Waals surface area (Å²) >= 11 is 5.76. The van der Waals surface area contributed by atoms with Crippen molar-refractivity contribution in [3.63, 3.8) is 0 Å². The molecule has 2 aromatic rings. The van der Waals surface area contributed by atoms with Gasteiger partial charge in [-0.15, -0.1) is 0 Å². The van der Waals surface area contributed by atoms with Crippen LogP contribution in [-0.2, 0) is 6.54 Å². The number of ether oxygens (including phenoxy) is 2. The van der Waals surface area contributed by atoms with Gasteiger partial charge < -0.3 is 24.3 Å².